The Balaban J connectivity index is 1.86. The largest absolute Gasteiger partial charge is 0.472 e. The maximum absolute atomic E-state index is 9.01. The molecule has 0 amide bonds. The molecule has 0 aliphatic heterocycles. The van der Waals surface area contributed by atoms with E-state index in [0.29, 0.717) is 12.0 Å². The van der Waals surface area contributed by atoms with Crippen LogP contribution in [0.25, 0.3) is 0 Å². The fourth-order valence-corrected chi connectivity index (χ4v) is 1.97. The van der Waals surface area contributed by atoms with Crippen LogP contribution in [0.4, 0.5) is 0 Å². The number of furan rings is 1. The van der Waals surface area contributed by atoms with Gasteiger partial charge >= 0.3 is 0 Å². The molecule has 15 heavy (non-hydrogen) atoms. The van der Waals surface area contributed by atoms with E-state index < -0.39 is 0 Å². The third-order valence-electron chi connectivity index (χ3n) is 2.91. The molecule has 1 aliphatic rings. The summed E-state index contributed by atoms with van der Waals surface area (Å²) in [5, 5.41) is 12.5. The van der Waals surface area contributed by atoms with Gasteiger partial charge in [-0.15, -0.1) is 0 Å². The number of hydrogen-bond donors (Lipinski definition) is 2. The summed E-state index contributed by atoms with van der Waals surface area (Å²) in [5.74, 6) is 0.319. The van der Waals surface area contributed by atoms with Gasteiger partial charge in [0.25, 0.3) is 0 Å². The highest BCUT2D eigenvalue weighted by molar-refractivity contribution is 5.13. The predicted molar refractivity (Wildman–Crippen MR) is 58.4 cm³/mol. The predicted octanol–water partition coefficient (Wildman–Crippen LogP) is 1.87. The Bertz CT molecular complexity index is 318. The molecule has 2 rings (SSSR count). The molecule has 0 saturated heterocycles. The van der Waals surface area contributed by atoms with Crippen molar-refractivity contribution in [2.24, 2.45) is 5.92 Å². The highest BCUT2D eigenvalue weighted by Crippen LogP contribution is 2.21. The normalized spacial score (nSPS) is 27.1. The minimum Gasteiger partial charge on any atom is -0.472 e. The van der Waals surface area contributed by atoms with Crippen LogP contribution < -0.4 is 5.32 Å². The topological polar surface area (TPSA) is 45.4 Å². The van der Waals surface area contributed by atoms with E-state index in [0.717, 1.165) is 12.0 Å². The van der Waals surface area contributed by atoms with Crippen LogP contribution in [-0.4, -0.2) is 17.8 Å². The van der Waals surface area contributed by atoms with Crippen LogP contribution in [0.1, 0.15) is 24.9 Å². The second-order valence-electron chi connectivity index (χ2n) is 4.11. The summed E-state index contributed by atoms with van der Waals surface area (Å²) in [6.07, 6.45) is 8.66. The van der Waals surface area contributed by atoms with E-state index in [1.165, 1.54) is 0 Å². The fraction of sp³-hybridized carbons (Fsp3) is 0.500. The molecule has 3 nitrogen and oxygen atoms in total. The van der Waals surface area contributed by atoms with E-state index in [4.69, 9.17) is 9.52 Å². The molecule has 1 aliphatic carbocycles. The van der Waals surface area contributed by atoms with E-state index in [1.54, 1.807) is 12.5 Å². The summed E-state index contributed by atoms with van der Waals surface area (Å²) in [6.45, 7) is 2.36. The lowest BCUT2D eigenvalue weighted by Gasteiger charge is -2.17. The van der Waals surface area contributed by atoms with Gasteiger partial charge in [-0.1, -0.05) is 12.2 Å². The van der Waals surface area contributed by atoms with Gasteiger partial charge in [-0.25, -0.2) is 0 Å². The number of aliphatic hydroxyl groups is 1. The minimum atomic E-state index is 0.245. The molecule has 3 atom stereocenters. The third kappa shape index (κ3) is 2.49. The highest BCUT2D eigenvalue weighted by Gasteiger charge is 2.20. The van der Waals surface area contributed by atoms with Crippen molar-refractivity contribution >= 4 is 0 Å². The molecule has 0 radical (unpaired) electrons. The van der Waals surface area contributed by atoms with E-state index in [-0.39, 0.29) is 12.6 Å². The standard InChI is InChI=1S/C12H17NO2/c1-9(11-4-5-15-8-11)13-12-3-2-10(6-12)7-14/h2-5,8-10,12-14H,6-7H2,1H3/t9?,10-,12+/m0/s1. The van der Waals surface area contributed by atoms with Gasteiger partial charge in [-0.2, -0.15) is 0 Å². The Kier molecular flexibility index (Phi) is 3.23. The maximum Gasteiger partial charge on any atom is 0.0950 e. The zero-order valence-corrected chi connectivity index (χ0v) is 8.89. The van der Waals surface area contributed by atoms with Gasteiger partial charge in [0.1, 0.15) is 0 Å². The number of hydrogen-bond acceptors (Lipinski definition) is 3. The maximum atomic E-state index is 9.01. The molecular formula is C12H17NO2. The zero-order valence-electron chi connectivity index (χ0n) is 8.89. The first kappa shape index (κ1) is 10.5. The Hall–Kier alpha value is -1.06. The molecule has 2 N–H and O–H groups in total. The van der Waals surface area contributed by atoms with E-state index in [9.17, 15) is 0 Å². The van der Waals surface area contributed by atoms with Crippen molar-refractivity contribution in [3.8, 4) is 0 Å². The monoisotopic (exact) mass is 207 g/mol. The van der Waals surface area contributed by atoms with Crippen LogP contribution in [0, 0.1) is 5.92 Å². The fourth-order valence-electron chi connectivity index (χ4n) is 1.97. The molecule has 0 aromatic carbocycles. The summed E-state index contributed by atoms with van der Waals surface area (Å²) in [6, 6.07) is 2.63. The SMILES string of the molecule is CC(N[C@@H]1C=C[C@H](CO)C1)c1ccoc1. The molecule has 0 spiro atoms. The Morgan fingerprint density at radius 1 is 1.60 bits per heavy atom. The van der Waals surface area contributed by atoms with Crippen molar-refractivity contribution in [1.82, 2.24) is 5.32 Å². The molecule has 82 valence electrons. The quantitative estimate of drug-likeness (QED) is 0.741. The molecule has 0 saturated carbocycles. The third-order valence-corrected chi connectivity index (χ3v) is 2.91. The second-order valence-corrected chi connectivity index (χ2v) is 4.11. The number of rotatable bonds is 4. The lowest BCUT2D eigenvalue weighted by Crippen LogP contribution is -2.29. The molecule has 0 bridgehead atoms. The van der Waals surface area contributed by atoms with Crippen molar-refractivity contribution < 1.29 is 9.52 Å². The molecule has 1 heterocycles. The molecule has 1 aromatic heterocycles. The van der Waals surface area contributed by atoms with Gasteiger partial charge < -0.3 is 14.8 Å². The second kappa shape index (κ2) is 4.64. The van der Waals surface area contributed by atoms with Crippen LogP contribution in [0.3, 0.4) is 0 Å². The summed E-state index contributed by atoms with van der Waals surface area (Å²) in [4.78, 5) is 0. The van der Waals surface area contributed by atoms with Crippen LogP contribution in [0.15, 0.2) is 35.2 Å². The van der Waals surface area contributed by atoms with E-state index in [1.807, 2.05) is 6.07 Å². The summed E-state index contributed by atoms with van der Waals surface area (Å²) in [5.41, 5.74) is 1.16. The van der Waals surface area contributed by atoms with Crippen molar-refractivity contribution in [1.29, 1.82) is 0 Å². The van der Waals surface area contributed by atoms with Crippen LogP contribution in [0.2, 0.25) is 0 Å². The van der Waals surface area contributed by atoms with Crippen molar-refractivity contribution in [2.45, 2.75) is 25.4 Å². The average molecular weight is 207 g/mol. The van der Waals surface area contributed by atoms with Crippen molar-refractivity contribution in [3.63, 3.8) is 0 Å². The molecular weight excluding hydrogens is 190 g/mol. The minimum absolute atomic E-state index is 0.245. The number of aliphatic hydroxyl groups excluding tert-OH is 1. The summed E-state index contributed by atoms with van der Waals surface area (Å²) >= 11 is 0. The van der Waals surface area contributed by atoms with Crippen LogP contribution >= 0.6 is 0 Å². The first-order chi connectivity index (χ1) is 7.29. The Morgan fingerprint density at radius 3 is 3.07 bits per heavy atom. The number of nitrogens with one attached hydrogen (secondary N) is 1. The van der Waals surface area contributed by atoms with Gasteiger partial charge in [0, 0.05) is 30.2 Å². The van der Waals surface area contributed by atoms with Crippen molar-refractivity contribution in [2.75, 3.05) is 6.61 Å². The van der Waals surface area contributed by atoms with Crippen molar-refractivity contribution in [3.05, 3.63) is 36.3 Å². The molecule has 1 aromatic rings. The first-order valence-electron chi connectivity index (χ1n) is 5.37. The molecule has 3 heteroatoms. The van der Waals surface area contributed by atoms with Gasteiger partial charge in [0.05, 0.1) is 12.5 Å². The Labute approximate surface area is 89.8 Å². The van der Waals surface area contributed by atoms with Gasteiger partial charge in [0.15, 0.2) is 0 Å². The summed E-state index contributed by atoms with van der Waals surface area (Å²) in [7, 11) is 0. The van der Waals surface area contributed by atoms with E-state index >= 15 is 0 Å². The summed E-state index contributed by atoms with van der Waals surface area (Å²) < 4.78 is 5.04. The first-order valence-corrected chi connectivity index (χ1v) is 5.37. The Morgan fingerprint density at radius 2 is 2.47 bits per heavy atom. The van der Waals surface area contributed by atoms with Gasteiger partial charge in [0.2, 0.25) is 0 Å². The van der Waals surface area contributed by atoms with Gasteiger partial charge in [-0.3, -0.25) is 0 Å². The lowest BCUT2D eigenvalue weighted by atomic mass is 10.1. The molecule has 0 fully saturated rings. The van der Waals surface area contributed by atoms with Gasteiger partial charge in [-0.05, 0) is 19.4 Å². The smallest absolute Gasteiger partial charge is 0.0950 e. The molecule has 1 unspecified atom stereocenters. The van der Waals surface area contributed by atoms with Crippen LogP contribution in [0.5, 0.6) is 0 Å². The van der Waals surface area contributed by atoms with Crippen LogP contribution in [-0.2, 0) is 0 Å². The lowest BCUT2D eigenvalue weighted by molar-refractivity contribution is 0.245. The zero-order chi connectivity index (χ0) is 10.7. The average Bonchev–Trinajstić information content (AvgIpc) is 2.87. The van der Waals surface area contributed by atoms with E-state index in [2.05, 4.69) is 24.4 Å². The highest BCUT2D eigenvalue weighted by atomic mass is 16.3.